The van der Waals surface area contributed by atoms with Gasteiger partial charge in [-0.1, -0.05) is 0 Å². The summed E-state index contributed by atoms with van der Waals surface area (Å²) in [6, 6.07) is 6.78. The van der Waals surface area contributed by atoms with Gasteiger partial charge in [0.15, 0.2) is 0 Å². The summed E-state index contributed by atoms with van der Waals surface area (Å²) in [5.74, 6) is -1.88. The lowest BCUT2D eigenvalue weighted by molar-refractivity contribution is -0.149. The lowest BCUT2D eigenvalue weighted by Crippen LogP contribution is -2.38. The van der Waals surface area contributed by atoms with Gasteiger partial charge in [0.25, 0.3) is 5.91 Å². The number of halogens is 1. The number of imidazole rings is 1. The summed E-state index contributed by atoms with van der Waals surface area (Å²) in [5, 5.41) is 8.86. The van der Waals surface area contributed by atoms with E-state index in [1.54, 1.807) is 47.6 Å². The summed E-state index contributed by atoms with van der Waals surface area (Å²) in [4.78, 5) is 28.4. The maximum Gasteiger partial charge on any atom is 0.343 e. The van der Waals surface area contributed by atoms with Gasteiger partial charge in [0.05, 0.1) is 12.9 Å². The van der Waals surface area contributed by atoms with Gasteiger partial charge < -0.3 is 14.6 Å². The van der Waals surface area contributed by atoms with Crippen molar-refractivity contribution in [3.05, 3.63) is 48.5 Å². The van der Waals surface area contributed by atoms with Crippen LogP contribution in [-0.2, 0) is 4.79 Å². The van der Waals surface area contributed by atoms with Gasteiger partial charge >= 0.3 is 5.97 Å². The fourth-order valence-corrected chi connectivity index (χ4v) is 2.49. The van der Waals surface area contributed by atoms with Crippen molar-refractivity contribution >= 4 is 11.9 Å². The summed E-state index contributed by atoms with van der Waals surface area (Å²) in [6.45, 7) is -0.310. The van der Waals surface area contributed by atoms with Gasteiger partial charge in [-0.15, -0.1) is 0 Å². The number of benzene rings is 1. The van der Waals surface area contributed by atoms with E-state index >= 15 is 0 Å². The molecule has 1 aliphatic heterocycles. The molecule has 1 atom stereocenters. The van der Waals surface area contributed by atoms with Crippen molar-refractivity contribution in [2.75, 3.05) is 13.1 Å². The van der Waals surface area contributed by atoms with Crippen LogP contribution in [0.4, 0.5) is 4.39 Å². The monoisotopic (exact) mass is 303 g/mol. The number of carbonyl (C=O) groups excluding carboxylic acids is 1. The number of amides is 1. The molecular weight excluding hydrogens is 289 g/mol. The molecule has 1 saturated heterocycles. The lowest BCUT2D eigenvalue weighted by Gasteiger charge is -2.18. The fourth-order valence-electron chi connectivity index (χ4n) is 2.49. The molecule has 1 aromatic carbocycles. The second kappa shape index (κ2) is 5.25. The highest BCUT2D eigenvalue weighted by molar-refractivity contribution is 5.95. The Balaban J connectivity index is 1.75. The summed E-state index contributed by atoms with van der Waals surface area (Å²) in [5.41, 5.74) is -1.09. The van der Waals surface area contributed by atoms with Crippen molar-refractivity contribution in [1.82, 2.24) is 14.5 Å². The van der Waals surface area contributed by atoms with E-state index in [2.05, 4.69) is 4.98 Å². The predicted octanol–water partition coefficient (Wildman–Crippen LogP) is 1.51. The summed E-state index contributed by atoms with van der Waals surface area (Å²) in [7, 11) is 0. The molecule has 1 fully saturated rings. The van der Waals surface area contributed by atoms with Crippen LogP contribution in [0.25, 0.3) is 5.69 Å². The van der Waals surface area contributed by atoms with Crippen LogP contribution in [0.15, 0.2) is 43.0 Å². The lowest BCUT2D eigenvalue weighted by atomic mass is 10.1. The third-order valence-corrected chi connectivity index (χ3v) is 3.81. The molecule has 2 aromatic rings. The van der Waals surface area contributed by atoms with Crippen LogP contribution in [0.3, 0.4) is 0 Å². The van der Waals surface area contributed by atoms with Crippen LogP contribution in [0, 0.1) is 0 Å². The molecule has 0 aliphatic carbocycles. The van der Waals surface area contributed by atoms with Crippen molar-refractivity contribution in [1.29, 1.82) is 0 Å². The number of likely N-dealkylation sites (tertiary alicyclic amines) is 1. The van der Waals surface area contributed by atoms with Gasteiger partial charge in [0, 0.05) is 36.6 Å². The Morgan fingerprint density at radius 3 is 2.55 bits per heavy atom. The number of aromatic nitrogens is 2. The number of hydrogen-bond acceptors (Lipinski definition) is 3. The largest absolute Gasteiger partial charge is 0.479 e. The van der Waals surface area contributed by atoms with E-state index in [0.29, 0.717) is 5.56 Å². The van der Waals surface area contributed by atoms with Gasteiger partial charge in [-0.25, -0.2) is 14.2 Å². The average Bonchev–Trinajstić information content (AvgIpc) is 3.17. The van der Waals surface area contributed by atoms with Crippen LogP contribution in [0.5, 0.6) is 0 Å². The summed E-state index contributed by atoms with van der Waals surface area (Å²) in [6.07, 6.45) is 4.89. The van der Waals surface area contributed by atoms with Crippen molar-refractivity contribution in [2.45, 2.75) is 12.1 Å². The zero-order chi connectivity index (χ0) is 15.7. The van der Waals surface area contributed by atoms with E-state index in [1.807, 2.05) is 0 Å². The predicted molar refractivity (Wildman–Crippen MR) is 75.6 cm³/mol. The number of nitrogens with zero attached hydrogens (tertiary/aromatic N) is 3. The molecule has 1 aliphatic rings. The third-order valence-electron chi connectivity index (χ3n) is 3.81. The summed E-state index contributed by atoms with van der Waals surface area (Å²) < 4.78 is 15.8. The topological polar surface area (TPSA) is 75.4 Å². The van der Waals surface area contributed by atoms with Crippen LogP contribution < -0.4 is 0 Å². The van der Waals surface area contributed by atoms with E-state index in [9.17, 15) is 14.0 Å². The molecule has 1 unspecified atom stereocenters. The first-order valence-corrected chi connectivity index (χ1v) is 6.80. The number of aliphatic carboxylic acids is 1. The smallest absolute Gasteiger partial charge is 0.343 e. The van der Waals surface area contributed by atoms with Crippen LogP contribution in [-0.4, -0.2) is 50.2 Å². The van der Waals surface area contributed by atoms with Crippen molar-refractivity contribution in [3.63, 3.8) is 0 Å². The van der Waals surface area contributed by atoms with E-state index in [1.165, 1.54) is 4.90 Å². The van der Waals surface area contributed by atoms with Gasteiger partial charge in [0.1, 0.15) is 0 Å². The molecule has 3 rings (SSSR count). The quantitative estimate of drug-likeness (QED) is 0.932. The van der Waals surface area contributed by atoms with Gasteiger partial charge in [-0.2, -0.15) is 0 Å². The van der Waals surface area contributed by atoms with Crippen LogP contribution in [0.1, 0.15) is 16.8 Å². The van der Waals surface area contributed by atoms with E-state index in [4.69, 9.17) is 5.11 Å². The van der Waals surface area contributed by atoms with E-state index in [0.717, 1.165) is 5.69 Å². The minimum Gasteiger partial charge on any atom is -0.479 e. The molecule has 1 amide bonds. The molecule has 1 aromatic heterocycles. The van der Waals surface area contributed by atoms with Gasteiger partial charge in [-0.05, 0) is 24.3 Å². The standard InChI is InChI=1S/C15H14FN3O3/c16-15(14(21)22)5-7-18(9-15)13(20)11-1-3-12(4-2-11)19-8-6-17-10-19/h1-4,6,8,10H,5,7,9H2,(H,21,22). The number of hydrogen-bond donors (Lipinski definition) is 1. The molecule has 6 nitrogen and oxygen atoms in total. The molecule has 22 heavy (non-hydrogen) atoms. The number of carbonyl (C=O) groups is 2. The van der Waals surface area contributed by atoms with Gasteiger partial charge in [-0.3, -0.25) is 4.79 Å². The number of carboxylic acid groups (broad SMARTS) is 1. The minimum atomic E-state index is -2.34. The molecule has 1 N–H and O–H groups in total. The molecule has 0 saturated carbocycles. The zero-order valence-electron chi connectivity index (χ0n) is 11.6. The van der Waals surface area contributed by atoms with E-state index in [-0.39, 0.29) is 18.9 Å². The maximum atomic E-state index is 14.0. The maximum absolute atomic E-state index is 14.0. The molecule has 0 spiro atoms. The average molecular weight is 303 g/mol. The van der Waals surface area contributed by atoms with Crippen LogP contribution in [0.2, 0.25) is 0 Å². The fraction of sp³-hybridized carbons (Fsp3) is 0.267. The Morgan fingerprint density at radius 2 is 2.00 bits per heavy atom. The first kappa shape index (κ1) is 14.2. The number of rotatable bonds is 3. The number of alkyl halides is 1. The highest BCUT2D eigenvalue weighted by Gasteiger charge is 2.46. The van der Waals surface area contributed by atoms with Crippen molar-refractivity contribution in [2.24, 2.45) is 0 Å². The number of carboxylic acids is 1. The summed E-state index contributed by atoms with van der Waals surface area (Å²) >= 11 is 0. The minimum absolute atomic E-state index is 0.102. The molecule has 0 radical (unpaired) electrons. The molecule has 114 valence electrons. The Morgan fingerprint density at radius 1 is 1.27 bits per heavy atom. The van der Waals surface area contributed by atoms with Gasteiger partial charge in [0.2, 0.25) is 5.67 Å². The Kier molecular flexibility index (Phi) is 3.40. The molecule has 7 heteroatoms. The third kappa shape index (κ3) is 2.45. The zero-order valence-corrected chi connectivity index (χ0v) is 11.6. The second-order valence-corrected chi connectivity index (χ2v) is 5.26. The SMILES string of the molecule is O=C(c1ccc(-n2ccnc2)cc1)N1CCC(F)(C(=O)O)C1. The Bertz CT molecular complexity index is 699. The second-order valence-electron chi connectivity index (χ2n) is 5.26. The Labute approximate surface area is 125 Å². The Hall–Kier alpha value is -2.70. The normalized spacial score (nSPS) is 21.0. The molecule has 0 bridgehead atoms. The van der Waals surface area contributed by atoms with Crippen LogP contribution >= 0.6 is 0 Å². The highest BCUT2D eigenvalue weighted by Crippen LogP contribution is 2.27. The molecular formula is C15H14FN3O3. The first-order valence-electron chi connectivity index (χ1n) is 6.80. The highest BCUT2D eigenvalue weighted by atomic mass is 19.1. The molecule has 2 heterocycles. The van der Waals surface area contributed by atoms with Crippen molar-refractivity contribution < 1.29 is 19.1 Å². The van der Waals surface area contributed by atoms with E-state index < -0.39 is 18.2 Å². The first-order chi connectivity index (χ1) is 10.5. The van der Waals surface area contributed by atoms with Crippen molar-refractivity contribution in [3.8, 4) is 5.69 Å².